The number of nitrogens with one attached hydrogen (secondary N) is 3. The topological polar surface area (TPSA) is 211 Å². The van der Waals surface area contributed by atoms with Crippen LogP contribution in [-0.2, 0) is 9.13 Å². The maximum absolute atomic E-state index is 13.1. The van der Waals surface area contributed by atoms with E-state index in [4.69, 9.17) is 0 Å². The summed E-state index contributed by atoms with van der Waals surface area (Å²) in [6.07, 6.45) is 1.21. The van der Waals surface area contributed by atoms with Crippen molar-refractivity contribution in [1.82, 2.24) is 20.2 Å². The number of benzene rings is 2. The number of carbonyl (C=O) groups is 1. The van der Waals surface area contributed by atoms with E-state index in [1.54, 1.807) is 6.07 Å². The second-order valence-corrected chi connectivity index (χ2v) is 11.1. The second kappa shape index (κ2) is 9.27. The maximum atomic E-state index is 13.1. The van der Waals surface area contributed by atoms with Crippen LogP contribution in [-0.4, -0.2) is 51.2 Å². The molecule has 0 unspecified atom stereocenters. The number of aromatic nitrogens is 4. The third-order valence-corrected chi connectivity index (χ3v) is 8.04. The van der Waals surface area contributed by atoms with Gasteiger partial charge >= 0.3 is 15.2 Å². The molecule has 4 rings (SSSR count). The van der Waals surface area contributed by atoms with E-state index in [1.807, 2.05) is 0 Å². The molecule has 182 valence electrons. The molecule has 16 heteroatoms. The molecule has 7 N–H and O–H groups in total. The SMILES string of the molecule is O=C(Nc1ccc(F)cc1)c1cccc(-c2nc(NC(P(=O)(O)O)P(=O)(O)O)c3cn[nH]c3n2)c1. The summed E-state index contributed by atoms with van der Waals surface area (Å²) in [5.74, 6) is -1.30. The number of amides is 1. The minimum absolute atomic E-state index is 0.0316. The first-order valence-corrected chi connectivity index (χ1v) is 13.0. The van der Waals surface area contributed by atoms with Gasteiger partial charge in [-0.3, -0.25) is 19.0 Å². The van der Waals surface area contributed by atoms with Gasteiger partial charge in [-0.1, -0.05) is 12.1 Å². The van der Waals surface area contributed by atoms with E-state index in [1.165, 1.54) is 48.7 Å². The molecular weight excluding hydrogens is 505 g/mol. The number of carbonyl (C=O) groups excluding carboxylic acids is 1. The Morgan fingerprint density at radius 1 is 1.00 bits per heavy atom. The Bertz CT molecular complexity index is 1480. The van der Waals surface area contributed by atoms with Crippen LogP contribution >= 0.6 is 15.2 Å². The van der Waals surface area contributed by atoms with E-state index in [0.29, 0.717) is 11.3 Å². The minimum atomic E-state index is -5.31. The molecule has 2 aromatic heterocycles. The van der Waals surface area contributed by atoms with E-state index in [2.05, 4.69) is 30.8 Å². The first-order chi connectivity index (χ1) is 16.4. The average molecular weight is 522 g/mol. The van der Waals surface area contributed by atoms with Gasteiger partial charge in [-0.2, -0.15) is 5.10 Å². The van der Waals surface area contributed by atoms with Crippen molar-refractivity contribution < 1.29 is 37.9 Å². The number of hydrogen-bond donors (Lipinski definition) is 7. The molecule has 0 atom stereocenters. The first-order valence-electron chi connectivity index (χ1n) is 9.67. The Balaban J connectivity index is 1.70. The highest BCUT2D eigenvalue weighted by molar-refractivity contribution is 7.71. The van der Waals surface area contributed by atoms with Gasteiger partial charge in [-0.25, -0.2) is 14.4 Å². The van der Waals surface area contributed by atoms with Crippen molar-refractivity contribution in [2.45, 2.75) is 5.52 Å². The lowest BCUT2D eigenvalue weighted by Gasteiger charge is -2.21. The third kappa shape index (κ3) is 5.60. The number of rotatable bonds is 7. The van der Waals surface area contributed by atoms with Gasteiger partial charge in [0.05, 0.1) is 11.6 Å². The number of halogens is 1. The summed E-state index contributed by atoms with van der Waals surface area (Å²) in [5.41, 5.74) is -1.58. The van der Waals surface area contributed by atoms with Crippen molar-refractivity contribution >= 4 is 43.6 Å². The Morgan fingerprint density at radius 3 is 2.34 bits per heavy atom. The molecule has 0 fully saturated rings. The van der Waals surface area contributed by atoms with Crippen molar-refractivity contribution in [1.29, 1.82) is 0 Å². The quantitative estimate of drug-likeness (QED) is 0.175. The Kier molecular flexibility index (Phi) is 6.52. The fraction of sp³-hybridized carbons (Fsp3) is 0.0526. The van der Waals surface area contributed by atoms with Crippen LogP contribution in [0.5, 0.6) is 0 Å². The van der Waals surface area contributed by atoms with E-state index in [-0.39, 0.29) is 28.2 Å². The van der Waals surface area contributed by atoms with Crippen LogP contribution in [0.3, 0.4) is 0 Å². The molecule has 2 heterocycles. The van der Waals surface area contributed by atoms with E-state index in [9.17, 15) is 37.9 Å². The number of nitrogens with zero attached hydrogens (tertiary/aromatic N) is 3. The molecule has 1 amide bonds. The van der Waals surface area contributed by atoms with Gasteiger partial charge in [0.15, 0.2) is 11.5 Å². The highest BCUT2D eigenvalue weighted by Crippen LogP contribution is 2.59. The Hall–Kier alpha value is -3.51. The fourth-order valence-electron chi connectivity index (χ4n) is 3.10. The van der Waals surface area contributed by atoms with Gasteiger partial charge in [0.2, 0.25) is 5.52 Å². The molecule has 0 saturated carbocycles. The third-order valence-electron chi connectivity index (χ3n) is 4.70. The van der Waals surface area contributed by atoms with Gasteiger partial charge in [0.1, 0.15) is 11.6 Å². The smallest absolute Gasteiger partial charge is 0.346 e. The molecule has 0 radical (unpaired) electrons. The van der Waals surface area contributed by atoms with Crippen LogP contribution in [0.2, 0.25) is 0 Å². The molecule has 0 aliphatic carbocycles. The Labute approximate surface area is 195 Å². The van der Waals surface area contributed by atoms with Crippen molar-refractivity contribution in [3.05, 3.63) is 66.1 Å². The summed E-state index contributed by atoms with van der Waals surface area (Å²) in [4.78, 5) is 58.8. The van der Waals surface area contributed by atoms with Crippen LogP contribution in [0.4, 0.5) is 15.9 Å². The lowest BCUT2D eigenvalue weighted by atomic mass is 10.1. The monoisotopic (exact) mass is 522 g/mol. The van der Waals surface area contributed by atoms with Crippen LogP contribution in [0.25, 0.3) is 22.4 Å². The first kappa shape index (κ1) is 24.6. The number of fused-ring (bicyclic) bond motifs is 1. The highest BCUT2D eigenvalue weighted by Gasteiger charge is 2.44. The highest BCUT2D eigenvalue weighted by atomic mass is 31.2. The molecule has 0 spiro atoms. The second-order valence-electron chi connectivity index (χ2n) is 7.27. The molecule has 0 aliphatic heterocycles. The fourth-order valence-corrected chi connectivity index (χ4v) is 5.24. The van der Waals surface area contributed by atoms with E-state index < -0.39 is 32.4 Å². The molecule has 4 aromatic rings. The summed E-state index contributed by atoms with van der Waals surface area (Å²) in [7, 11) is -10.6. The van der Waals surface area contributed by atoms with Gasteiger partial charge in [0, 0.05) is 16.8 Å². The molecule has 2 aromatic carbocycles. The minimum Gasteiger partial charge on any atom is -0.346 e. The van der Waals surface area contributed by atoms with E-state index >= 15 is 0 Å². The van der Waals surface area contributed by atoms with Crippen LogP contribution in [0.15, 0.2) is 54.7 Å². The summed E-state index contributed by atoms with van der Waals surface area (Å²) >= 11 is 0. The normalized spacial score (nSPS) is 12.2. The van der Waals surface area contributed by atoms with Crippen molar-refractivity contribution in [3.8, 4) is 11.4 Å². The summed E-state index contributed by atoms with van der Waals surface area (Å²) < 4.78 is 36.5. The lowest BCUT2D eigenvalue weighted by molar-refractivity contribution is 0.102. The van der Waals surface area contributed by atoms with Crippen LogP contribution < -0.4 is 10.6 Å². The van der Waals surface area contributed by atoms with Gasteiger partial charge in [0.25, 0.3) is 5.91 Å². The zero-order valence-corrected chi connectivity index (χ0v) is 19.2. The zero-order chi connectivity index (χ0) is 25.4. The zero-order valence-electron chi connectivity index (χ0n) is 17.4. The van der Waals surface area contributed by atoms with Crippen molar-refractivity contribution in [2.75, 3.05) is 10.6 Å². The molecule has 35 heavy (non-hydrogen) atoms. The van der Waals surface area contributed by atoms with Gasteiger partial charge in [-0.05, 0) is 36.4 Å². The maximum Gasteiger partial charge on any atom is 0.360 e. The predicted octanol–water partition coefficient (Wildman–Crippen LogP) is 2.46. The Morgan fingerprint density at radius 2 is 1.69 bits per heavy atom. The van der Waals surface area contributed by atoms with Gasteiger partial charge < -0.3 is 30.2 Å². The molecule has 0 aliphatic rings. The van der Waals surface area contributed by atoms with Crippen LogP contribution in [0.1, 0.15) is 10.4 Å². The lowest BCUT2D eigenvalue weighted by Crippen LogP contribution is -2.21. The number of hydrogen-bond acceptors (Lipinski definition) is 7. The van der Waals surface area contributed by atoms with Crippen LogP contribution in [0, 0.1) is 5.82 Å². The largest absolute Gasteiger partial charge is 0.360 e. The number of H-pyrrole nitrogens is 1. The number of anilines is 2. The molecule has 13 nitrogen and oxygen atoms in total. The molecule has 0 saturated heterocycles. The summed E-state index contributed by atoms with van der Waals surface area (Å²) in [6, 6.07) is 11.2. The van der Waals surface area contributed by atoms with E-state index in [0.717, 1.165) is 0 Å². The standard InChI is InChI=1S/C19H17FN6O7P2/c20-12-4-6-13(7-5-12)22-18(27)11-3-1-2-10(8-11)15-23-16(14-9-21-26-17(14)24-15)25-19(34(28,29)30)35(31,32)33/h1-9,19H,(H,22,27)(H2,28,29,30)(H2,31,32,33)(H2,21,23,24,25,26). The van der Waals surface area contributed by atoms with Gasteiger partial charge in [-0.15, -0.1) is 0 Å². The summed E-state index contributed by atoms with van der Waals surface area (Å²) in [5, 5.41) is 11.2. The molecular formula is C19H17FN6O7P2. The van der Waals surface area contributed by atoms with Crippen molar-refractivity contribution in [3.63, 3.8) is 0 Å². The summed E-state index contributed by atoms with van der Waals surface area (Å²) in [6.45, 7) is 0. The average Bonchev–Trinajstić information content (AvgIpc) is 3.26. The molecule has 0 bridgehead atoms. The predicted molar refractivity (Wildman–Crippen MR) is 123 cm³/mol. The number of aromatic amines is 1. The van der Waals surface area contributed by atoms with Crippen molar-refractivity contribution in [2.24, 2.45) is 0 Å².